The average Bonchev–Trinajstić information content (AvgIpc) is 2.78. The first-order chi connectivity index (χ1) is 15.3. The summed E-state index contributed by atoms with van der Waals surface area (Å²) in [7, 11) is 1.62. The van der Waals surface area contributed by atoms with Crippen molar-refractivity contribution in [2.45, 2.75) is 33.3 Å². The van der Waals surface area contributed by atoms with E-state index >= 15 is 0 Å². The van der Waals surface area contributed by atoms with Gasteiger partial charge >= 0.3 is 0 Å². The lowest BCUT2D eigenvalue weighted by Gasteiger charge is -2.17. The number of rotatable bonds is 8. The van der Waals surface area contributed by atoms with E-state index in [1.54, 1.807) is 25.3 Å². The van der Waals surface area contributed by atoms with Crippen molar-refractivity contribution in [2.24, 2.45) is 0 Å². The molecule has 0 unspecified atom stereocenters. The van der Waals surface area contributed by atoms with Crippen molar-refractivity contribution in [3.05, 3.63) is 93.5 Å². The van der Waals surface area contributed by atoms with Crippen LogP contribution in [0.3, 0.4) is 0 Å². The van der Waals surface area contributed by atoms with Gasteiger partial charge in [-0.3, -0.25) is 4.79 Å². The molecule has 5 heteroatoms. The molecule has 0 spiro atoms. The van der Waals surface area contributed by atoms with Gasteiger partial charge in [0, 0.05) is 16.1 Å². The number of aromatic hydroxyl groups is 1. The molecule has 0 radical (unpaired) electrons. The second-order valence-corrected chi connectivity index (χ2v) is 8.31. The zero-order chi connectivity index (χ0) is 23.3. The smallest absolute Gasteiger partial charge is 0.185 e. The molecule has 0 atom stereocenters. The Morgan fingerprint density at radius 2 is 1.78 bits per heavy atom. The fourth-order valence-electron chi connectivity index (χ4n) is 3.31. The van der Waals surface area contributed by atoms with E-state index in [1.165, 1.54) is 18.2 Å². The van der Waals surface area contributed by atoms with Crippen molar-refractivity contribution in [1.29, 1.82) is 0 Å². The second-order valence-electron chi connectivity index (χ2n) is 7.90. The Kier molecular flexibility index (Phi) is 7.60. The molecular weight excluding hydrogens is 424 g/mol. The van der Waals surface area contributed by atoms with E-state index in [0.29, 0.717) is 17.9 Å². The molecule has 0 bridgehead atoms. The molecule has 3 aromatic rings. The zero-order valence-electron chi connectivity index (χ0n) is 18.7. The van der Waals surface area contributed by atoms with E-state index in [-0.39, 0.29) is 17.5 Å². The fourth-order valence-corrected chi connectivity index (χ4v) is 3.48. The Balaban J connectivity index is 1.81. The highest BCUT2D eigenvalue weighted by Gasteiger charge is 2.13. The topological polar surface area (TPSA) is 55.8 Å². The van der Waals surface area contributed by atoms with Crippen LogP contribution in [-0.4, -0.2) is 18.0 Å². The number of benzene rings is 3. The molecular formula is C27H27ClO4. The van der Waals surface area contributed by atoms with Crippen LogP contribution in [0.2, 0.25) is 5.02 Å². The van der Waals surface area contributed by atoms with Gasteiger partial charge in [-0.2, -0.15) is 0 Å². The number of halogens is 1. The summed E-state index contributed by atoms with van der Waals surface area (Å²) in [5, 5.41) is 10.1. The molecule has 3 aromatic carbocycles. The third kappa shape index (κ3) is 5.71. The van der Waals surface area contributed by atoms with Gasteiger partial charge in [0.25, 0.3) is 0 Å². The quantitative estimate of drug-likeness (QED) is 0.297. The normalized spacial score (nSPS) is 11.2. The summed E-state index contributed by atoms with van der Waals surface area (Å²) >= 11 is 6.30. The maximum absolute atomic E-state index is 12.4. The van der Waals surface area contributed by atoms with E-state index in [1.807, 2.05) is 37.3 Å². The molecule has 32 heavy (non-hydrogen) atoms. The van der Waals surface area contributed by atoms with Crippen LogP contribution >= 0.6 is 11.6 Å². The number of hydrogen-bond donors (Lipinski definition) is 1. The molecule has 0 aliphatic heterocycles. The molecule has 0 amide bonds. The Morgan fingerprint density at radius 3 is 2.44 bits per heavy atom. The summed E-state index contributed by atoms with van der Waals surface area (Å²) in [6.45, 7) is 6.48. The first-order valence-corrected chi connectivity index (χ1v) is 10.8. The van der Waals surface area contributed by atoms with Gasteiger partial charge in [-0.25, -0.2) is 0 Å². The standard InChI is InChI=1S/C27H27ClO4/c1-17(2)23-15-24(28)18(3)13-27(23)32-16-21-14-19(6-12-26(21)31-4)5-11-25(30)20-7-9-22(29)10-8-20/h5-15,17,29H,16H2,1-4H3/b11-5+. The van der Waals surface area contributed by atoms with E-state index in [0.717, 1.165) is 33.0 Å². The van der Waals surface area contributed by atoms with E-state index in [2.05, 4.69) is 13.8 Å². The minimum absolute atomic E-state index is 0.127. The third-order valence-electron chi connectivity index (χ3n) is 5.18. The van der Waals surface area contributed by atoms with Gasteiger partial charge in [-0.05, 0) is 84.1 Å². The number of aryl methyl sites for hydroxylation is 1. The van der Waals surface area contributed by atoms with Crippen LogP contribution in [0, 0.1) is 6.92 Å². The van der Waals surface area contributed by atoms with Gasteiger partial charge in [-0.1, -0.05) is 37.6 Å². The summed E-state index contributed by atoms with van der Waals surface area (Å²) in [6.07, 6.45) is 3.27. The number of carbonyl (C=O) groups excluding carboxylic acids is 1. The Labute approximate surface area is 194 Å². The minimum Gasteiger partial charge on any atom is -0.508 e. The Hall–Kier alpha value is -3.24. The van der Waals surface area contributed by atoms with Crippen LogP contribution in [0.5, 0.6) is 17.2 Å². The van der Waals surface area contributed by atoms with Crippen molar-refractivity contribution in [2.75, 3.05) is 7.11 Å². The molecule has 1 N–H and O–H groups in total. The lowest BCUT2D eigenvalue weighted by Crippen LogP contribution is -2.03. The highest BCUT2D eigenvalue weighted by atomic mass is 35.5. The van der Waals surface area contributed by atoms with Crippen molar-refractivity contribution in [3.63, 3.8) is 0 Å². The number of hydrogen-bond acceptors (Lipinski definition) is 4. The van der Waals surface area contributed by atoms with Crippen LogP contribution in [0.25, 0.3) is 6.08 Å². The van der Waals surface area contributed by atoms with Crippen LogP contribution in [0.4, 0.5) is 0 Å². The predicted molar refractivity (Wildman–Crippen MR) is 129 cm³/mol. The van der Waals surface area contributed by atoms with E-state index < -0.39 is 0 Å². The second kappa shape index (κ2) is 10.4. The number of phenolic OH excluding ortho intramolecular Hbond substituents is 1. The maximum atomic E-state index is 12.4. The predicted octanol–water partition coefficient (Wildman–Crippen LogP) is 6.96. The number of ether oxygens (including phenoxy) is 2. The molecule has 3 rings (SSSR count). The molecule has 166 valence electrons. The fraction of sp³-hybridized carbons (Fsp3) is 0.222. The molecule has 0 fully saturated rings. The van der Waals surface area contributed by atoms with E-state index in [9.17, 15) is 9.90 Å². The largest absolute Gasteiger partial charge is 0.508 e. The van der Waals surface area contributed by atoms with Gasteiger partial charge in [0.1, 0.15) is 23.9 Å². The molecule has 0 saturated heterocycles. The third-order valence-corrected chi connectivity index (χ3v) is 5.59. The van der Waals surface area contributed by atoms with Gasteiger partial charge in [0.2, 0.25) is 0 Å². The Bertz CT molecular complexity index is 1130. The number of carbonyl (C=O) groups is 1. The lowest BCUT2D eigenvalue weighted by atomic mass is 10.0. The molecule has 0 aromatic heterocycles. The number of phenols is 1. The monoisotopic (exact) mass is 450 g/mol. The average molecular weight is 451 g/mol. The van der Waals surface area contributed by atoms with Gasteiger partial charge in [-0.15, -0.1) is 0 Å². The van der Waals surface area contributed by atoms with Crippen molar-refractivity contribution in [1.82, 2.24) is 0 Å². The molecule has 0 aliphatic rings. The van der Waals surface area contributed by atoms with Gasteiger partial charge < -0.3 is 14.6 Å². The summed E-state index contributed by atoms with van der Waals surface area (Å²) in [6, 6.07) is 15.8. The SMILES string of the molecule is COc1ccc(/C=C/C(=O)c2ccc(O)cc2)cc1COc1cc(C)c(Cl)cc1C(C)C. The number of methoxy groups -OCH3 is 1. The van der Waals surface area contributed by atoms with Crippen LogP contribution < -0.4 is 9.47 Å². The first kappa shape index (κ1) is 23.4. The van der Waals surface area contributed by atoms with Gasteiger partial charge in [0.05, 0.1) is 7.11 Å². The minimum atomic E-state index is -0.142. The molecule has 0 aliphatic carbocycles. The summed E-state index contributed by atoms with van der Waals surface area (Å²) < 4.78 is 11.7. The van der Waals surface area contributed by atoms with Crippen molar-refractivity contribution >= 4 is 23.5 Å². The summed E-state index contributed by atoms with van der Waals surface area (Å²) in [5.41, 5.74) is 4.25. The summed E-state index contributed by atoms with van der Waals surface area (Å²) in [5.74, 6) is 1.76. The summed E-state index contributed by atoms with van der Waals surface area (Å²) in [4.78, 5) is 12.4. The molecule has 4 nitrogen and oxygen atoms in total. The van der Waals surface area contributed by atoms with Crippen molar-refractivity contribution < 1.29 is 19.4 Å². The molecule has 0 heterocycles. The Morgan fingerprint density at radius 1 is 1.06 bits per heavy atom. The van der Waals surface area contributed by atoms with Gasteiger partial charge in [0.15, 0.2) is 5.78 Å². The zero-order valence-corrected chi connectivity index (χ0v) is 19.4. The molecule has 0 saturated carbocycles. The van der Waals surface area contributed by atoms with Crippen molar-refractivity contribution in [3.8, 4) is 17.2 Å². The maximum Gasteiger partial charge on any atom is 0.185 e. The lowest BCUT2D eigenvalue weighted by molar-refractivity contribution is 0.104. The first-order valence-electron chi connectivity index (χ1n) is 10.4. The van der Waals surface area contributed by atoms with Crippen LogP contribution in [0.1, 0.15) is 52.4 Å². The number of allylic oxidation sites excluding steroid dienone is 1. The highest BCUT2D eigenvalue weighted by Crippen LogP contribution is 2.33. The van der Waals surface area contributed by atoms with Crippen LogP contribution in [0.15, 0.2) is 60.7 Å². The number of ketones is 1. The highest BCUT2D eigenvalue weighted by molar-refractivity contribution is 6.31. The van der Waals surface area contributed by atoms with Crippen LogP contribution in [-0.2, 0) is 6.61 Å². The van der Waals surface area contributed by atoms with E-state index in [4.69, 9.17) is 21.1 Å².